The third-order valence-corrected chi connectivity index (χ3v) is 1.99. The predicted octanol–water partition coefficient (Wildman–Crippen LogP) is 2.35. The first-order valence-corrected chi connectivity index (χ1v) is 5.04. The van der Waals surface area contributed by atoms with Crippen LogP contribution in [0.3, 0.4) is 0 Å². The fourth-order valence-corrected chi connectivity index (χ4v) is 1.09. The topological polar surface area (TPSA) is 15.3 Å². The van der Waals surface area contributed by atoms with Crippen LogP contribution >= 0.6 is 11.6 Å². The summed E-state index contributed by atoms with van der Waals surface area (Å²) < 4.78 is 0. The molecule has 1 N–H and O–H groups in total. The molecule has 0 heterocycles. The van der Waals surface area contributed by atoms with Crippen molar-refractivity contribution in [1.29, 1.82) is 0 Å². The summed E-state index contributed by atoms with van der Waals surface area (Å²) in [5, 5.41) is 3.65. The van der Waals surface area contributed by atoms with Crippen LogP contribution in [0, 0.1) is 0 Å². The quantitative estimate of drug-likeness (QED) is 0.683. The second-order valence-electron chi connectivity index (χ2n) is 3.02. The molecule has 3 heteroatoms. The van der Waals surface area contributed by atoms with E-state index in [9.17, 15) is 0 Å². The molecule has 0 rings (SSSR count). The maximum atomic E-state index is 5.65. The van der Waals surface area contributed by atoms with Crippen LogP contribution in [-0.2, 0) is 0 Å². The van der Waals surface area contributed by atoms with E-state index in [0.29, 0.717) is 5.03 Å². The van der Waals surface area contributed by atoms with Gasteiger partial charge in [0.05, 0.1) is 0 Å². The second-order valence-corrected chi connectivity index (χ2v) is 3.50. The van der Waals surface area contributed by atoms with Crippen molar-refractivity contribution < 1.29 is 0 Å². The minimum atomic E-state index is 0.548. The predicted molar refractivity (Wildman–Crippen MR) is 64.4 cm³/mol. The molecule has 2 nitrogen and oxygen atoms in total. The molecule has 0 unspecified atom stereocenters. The molecule has 0 saturated carbocycles. The van der Waals surface area contributed by atoms with Gasteiger partial charge in [-0.15, -0.1) is 0 Å². The third-order valence-electron chi connectivity index (χ3n) is 1.87. The Morgan fingerprint density at radius 1 is 1.50 bits per heavy atom. The standard InChI is InChI=1S/C11H19ClN2/c1-5-11(7-6-10(2)12)14(4)9-8-13-3/h5-7,13H,2,8-9H2,1,3-4H3/b7-6-,11-5+. The van der Waals surface area contributed by atoms with Gasteiger partial charge < -0.3 is 10.2 Å². The van der Waals surface area contributed by atoms with Gasteiger partial charge in [-0.25, -0.2) is 0 Å². The maximum Gasteiger partial charge on any atom is 0.0334 e. The summed E-state index contributed by atoms with van der Waals surface area (Å²) in [5.74, 6) is 0. The first-order chi connectivity index (χ1) is 6.61. The Balaban J connectivity index is 4.20. The van der Waals surface area contributed by atoms with Crippen LogP contribution in [0.1, 0.15) is 6.92 Å². The first-order valence-electron chi connectivity index (χ1n) is 4.66. The van der Waals surface area contributed by atoms with E-state index in [1.54, 1.807) is 6.08 Å². The number of halogens is 1. The zero-order chi connectivity index (χ0) is 11.0. The molecule has 0 saturated heterocycles. The molecule has 0 bridgehead atoms. The molecular weight excluding hydrogens is 196 g/mol. The summed E-state index contributed by atoms with van der Waals surface area (Å²) in [6, 6.07) is 0. The maximum absolute atomic E-state index is 5.65. The summed E-state index contributed by atoms with van der Waals surface area (Å²) in [6.45, 7) is 7.54. The van der Waals surface area contributed by atoms with Crippen molar-refractivity contribution in [3.8, 4) is 0 Å². The molecule has 0 aromatic heterocycles. The summed E-state index contributed by atoms with van der Waals surface area (Å²) in [4.78, 5) is 2.16. The SMILES string of the molecule is C=C(Cl)/C=C\C(=C/C)N(C)CCNC. The van der Waals surface area contributed by atoms with Gasteiger partial charge in [0, 0.05) is 30.9 Å². The molecule has 0 amide bonds. The summed E-state index contributed by atoms with van der Waals surface area (Å²) >= 11 is 5.65. The lowest BCUT2D eigenvalue weighted by atomic mass is 10.3. The Morgan fingerprint density at radius 2 is 2.14 bits per heavy atom. The number of hydrogen-bond acceptors (Lipinski definition) is 2. The number of nitrogens with zero attached hydrogens (tertiary/aromatic N) is 1. The van der Waals surface area contributed by atoms with Gasteiger partial charge in [-0.3, -0.25) is 0 Å². The smallest absolute Gasteiger partial charge is 0.0334 e. The van der Waals surface area contributed by atoms with E-state index in [4.69, 9.17) is 11.6 Å². The highest BCUT2D eigenvalue weighted by atomic mass is 35.5. The Hall–Kier alpha value is -0.730. The van der Waals surface area contributed by atoms with Gasteiger partial charge in [0.2, 0.25) is 0 Å². The van der Waals surface area contributed by atoms with Crippen LogP contribution in [0.2, 0.25) is 0 Å². The molecule has 0 aliphatic heterocycles. The lowest BCUT2D eigenvalue weighted by Crippen LogP contribution is -2.26. The summed E-state index contributed by atoms with van der Waals surface area (Å²) in [7, 11) is 3.99. The molecule has 0 spiro atoms. The summed E-state index contributed by atoms with van der Waals surface area (Å²) in [6.07, 6.45) is 5.81. The third kappa shape index (κ3) is 5.84. The Morgan fingerprint density at radius 3 is 2.57 bits per heavy atom. The van der Waals surface area contributed by atoms with Crippen molar-refractivity contribution in [3.63, 3.8) is 0 Å². The van der Waals surface area contributed by atoms with Gasteiger partial charge in [-0.1, -0.05) is 24.3 Å². The molecule has 0 fully saturated rings. The zero-order valence-electron chi connectivity index (χ0n) is 9.18. The number of likely N-dealkylation sites (N-methyl/N-ethyl adjacent to an activating group) is 2. The van der Waals surface area contributed by atoms with Crippen LogP contribution in [0.15, 0.2) is 35.5 Å². The monoisotopic (exact) mass is 214 g/mol. The van der Waals surface area contributed by atoms with Gasteiger partial charge in [-0.05, 0) is 26.1 Å². The van der Waals surface area contributed by atoms with Crippen molar-refractivity contribution in [2.75, 3.05) is 27.2 Å². The Bertz CT molecular complexity index is 231. The fourth-order valence-electron chi connectivity index (χ4n) is 1.03. The van der Waals surface area contributed by atoms with Crippen molar-refractivity contribution in [1.82, 2.24) is 10.2 Å². The average Bonchev–Trinajstić information content (AvgIpc) is 2.15. The van der Waals surface area contributed by atoms with E-state index in [2.05, 4.69) is 16.8 Å². The molecule has 0 aliphatic rings. The molecule has 0 aromatic rings. The number of rotatable bonds is 6. The molecule has 0 aliphatic carbocycles. The Kier molecular flexibility index (Phi) is 7.25. The highest BCUT2D eigenvalue weighted by molar-refractivity contribution is 6.30. The van der Waals surface area contributed by atoms with Gasteiger partial charge in [0.25, 0.3) is 0 Å². The van der Waals surface area contributed by atoms with Gasteiger partial charge >= 0.3 is 0 Å². The van der Waals surface area contributed by atoms with Gasteiger partial charge in [0.1, 0.15) is 0 Å². The van der Waals surface area contributed by atoms with Gasteiger partial charge in [-0.2, -0.15) is 0 Å². The molecule has 80 valence electrons. The number of hydrogen-bond donors (Lipinski definition) is 1. The highest BCUT2D eigenvalue weighted by Crippen LogP contribution is 2.06. The van der Waals surface area contributed by atoms with Crippen LogP contribution in [0.4, 0.5) is 0 Å². The first kappa shape index (κ1) is 13.3. The fraction of sp³-hybridized carbons (Fsp3) is 0.455. The van der Waals surface area contributed by atoms with E-state index in [1.165, 1.54) is 0 Å². The van der Waals surface area contributed by atoms with E-state index >= 15 is 0 Å². The molecule has 14 heavy (non-hydrogen) atoms. The normalized spacial score (nSPS) is 12.1. The molecule has 0 aromatic carbocycles. The van der Waals surface area contributed by atoms with Crippen LogP contribution in [-0.4, -0.2) is 32.1 Å². The lowest BCUT2D eigenvalue weighted by molar-refractivity contribution is 0.427. The van der Waals surface area contributed by atoms with E-state index < -0.39 is 0 Å². The minimum Gasteiger partial charge on any atom is -0.374 e. The summed E-state index contributed by atoms with van der Waals surface area (Å²) in [5.41, 5.74) is 1.14. The van der Waals surface area contributed by atoms with E-state index in [0.717, 1.165) is 18.8 Å². The molecule has 0 atom stereocenters. The minimum absolute atomic E-state index is 0.548. The average molecular weight is 215 g/mol. The van der Waals surface area contributed by atoms with Crippen molar-refractivity contribution in [2.45, 2.75) is 6.92 Å². The van der Waals surface area contributed by atoms with Crippen LogP contribution in [0.25, 0.3) is 0 Å². The molecular formula is C11H19ClN2. The number of allylic oxidation sites excluding steroid dienone is 4. The lowest BCUT2D eigenvalue weighted by Gasteiger charge is -2.19. The van der Waals surface area contributed by atoms with Crippen LogP contribution in [0.5, 0.6) is 0 Å². The molecule has 0 radical (unpaired) electrons. The van der Waals surface area contributed by atoms with Crippen molar-refractivity contribution in [3.05, 3.63) is 35.5 Å². The van der Waals surface area contributed by atoms with E-state index in [-0.39, 0.29) is 0 Å². The van der Waals surface area contributed by atoms with Crippen molar-refractivity contribution in [2.24, 2.45) is 0 Å². The highest BCUT2D eigenvalue weighted by Gasteiger charge is 1.98. The second kappa shape index (κ2) is 7.65. The van der Waals surface area contributed by atoms with Gasteiger partial charge in [0.15, 0.2) is 0 Å². The largest absolute Gasteiger partial charge is 0.374 e. The zero-order valence-corrected chi connectivity index (χ0v) is 9.93. The number of nitrogens with one attached hydrogen (secondary N) is 1. The van der Waals surface area contributed by atoms with Crippen molar-refractivity contribution >= 4 is 11.6 Å². The van der Waals surface area contributed by atoms with E-state index in [1.807, 2.05) is 33.2 Å². The Labute approximate surface area is 91.9 Å². The van der Waals surface area contributed by atoms with Crippen LogP contribution < -0.4 is 5.32 Å².